The molecule has 4 heteroatoms. The Balaban J connectivity index is 1.73. The largest absolute Gasteiger partial charge is 0.421 e. The van der Waals surface area contributed by atoms with Crippen LogP contribution in [0.5, 0.6) is 0 Å². The Bertz CT molecular complexity index is 852. The van der Waals surface area contributed by atoms with Gasteiger partial charge in [-0.1, -0.05) is 35.9 Å². The first-order valence-electron chi connectivity index (χ1n) is 7.46. The van der Waals surface area contributed by atoms with Crippen molar-refractivity contribution < 1.29 is 4.42 Å². The normalized spacial score (nSPS) is 11.3. The van der Waals surface area contributed by atoms with Gasteiger partial charge in [0.25, 0.3) is 0 Å². The molecule has 0 atom stereocenters. The number of benzene rings is 2. The van der Waals surface area contributed by atoms with Gasteiger partial charge >= 0.3 is 0 Å². The van der Waals surface area contributed by atoms with E-state index in [1.165, 1.54) is 11.1 Å². The highest BCUT2D eigenvalue weighted by Crippen LogP contribution is 2.16. The van der Waals surface area contributed by atoms with E-state index in [0.29, 0.717) is 18.2 Å². The molecule has 0 aliphatic heterocycles. The maximum atomic E-state index is 5.68. The molecule has 0 saturated heterocycles. The van der Waals surface area contributed by atoms with Gasteiger partial charge in [0.05, 0.1) is 6.42 Å². The van der Waals surface area contributed by atoms with E-state index in [1.807, 2.05) is 36.4 Å². The summed E-state index contributed by atoms with van der Waals surface area (Å²) in [5, 5.41) is 8.17. The smallest absolute Gasteiger partial charge is 0.240 e. The average molecular weight is 322 g/mol. The first kappa shape index (κ1) is 15.6. The van der Waals surface area contributed by atoms with Crippen LogP contribution in [0.1, 0.15) is 34.0 Å². The van der Waals surface area contributed by atoms with Crippen molar-refractivity contribution in [2.24, 2.45) is 0 Å². The molecule has 0 N–H and O–H groups in total. The highest BCUT2D eigenvalue weighted by molar-refractivity contribution is 7.80. The predicted molar refractivity (Wildman–Crippen MR) is 95.6 cm³/mol. The molecule has 0 amide bonds. The zero-order chi connectivity index (χ0) is 16.2. The van der Waals surface area contributed by atoms with Gasteiger partial charge in [-0.2, -0.15) is 0 Å². The molecule has 0 radical (unpaired) electrons. The Morgan fingerprint density at radius 3 is 2.70 bits per heavy atom. The molecule has 3 aromatic rings. The third-order valence-corrected chi connectivity index (χ3v) is 3.86. The number of aryl methyl sites for hydroxylation is 2. The number of aromatic nitrogens is 2. The number of nitrogens with zero attached hydrogens (tertiary/aromatic N) is 2. The average Bonchev–Trinajstić information content (AvgIpc) is 2.94. The minimum Gasteiger partial charge on any atom is -0.421 e. The summed E-state index contributed by atoms with van der Waals surface area (Å²) in [6, 6.07) is 14.3. The van der Waals surface area contributed by atoms with Crippen molar-refractivity contribution >= 4 is 24.8 Å². The SMILES string of the molecule is Cc1ccc(/C=C/c2nnc(Cc3cccc(S)c3)o2)c(C)c1. The second-order valence-electron chi connectivity index (χ2n) is 5.57. The topological polar surface area (TPSA) is 38.9 Å². The van der Waals surface area contributed by atoms with E-state index in [-0.39, 0.29) is 0 Å². The summed E-state index contributed by atoms with van der Waals surface area (Å²) in [6.45, 7) is 4.18. The molecule has 1 heterocycles. The Morgan fingerprint density at radius 1 is 1.04 bits per heavy atom. The molecular weight excluding hydrogens is 304 g/mol. The van der Waals surface area contributed by atoms with E-state index in [4.69, 9.17) is 4.42 Å². The van der Waals surface area contributed by atoms with Crippen molar-refractivity contribution in [3.63, 3.8) is 0 Å². The molecule has 0 aliphatic rings. The molecular formula is C19H18N2OS. The van der Waals surface area contributed by atoms with Crippen LogP contribution >= 0.6 is 12.6 Å². The molecule has 0 fully saturated rings. The highest BCUT2D eigenvalue weighted by Gasteiger charge is 2.05. The second kappa shape index (κ2) is 6.84. The Morgan fingerprint density at radius 2 is 1.91 bits per heavy atom. The number of rotatable bonds is 4. The zero-order valence-electron chi connectivity index (χ0n) is 13.2. The number of thiol groups is 1. The van der Waals surface area contributed by atoms with Crippen LogP contribution in [0, 0.1) is 13.8 Å². The molecule has 0 saturated carbocycles. The fraction of sp³-hybridized carbons (Fsp3) is 0.158. The van der Waals surface area contributed by atoms with E-state index in [1.54, 1.807) is 0 Å². The lowest BCUT2D eigenvalue weighted by molar-refractivity contribution is 0.496. The summed E-state index contributed by atoms with van der Waals surface area (Å²) in [6.07, 6.45) is 4.46. The van der Waals surface area contributed by atoms with E-state index in [9.17, 15) is 0 Å². The van der Waals surface area contributed by atoms with Crippen LogP contribution in [0.25, 0.3) is 12.2 Å². The second-order valence-corrected chi connectivity index (χ2v) is 6.09. The summed E-state index contributed by atoms with van der Waals surface area (Å²) >= 11 is 4.34. The first-order valence-corrected chi connectivity index (χ1v) is 7.90. The van der Waals surface area contributed by atoms with Gasteiger partial charge in [-0.3, -0.25) is 0 Å². The molecule has 3 nitrogen and oxygen atoms in total. The lowest BCUT2D eigenvalue weighted by atomic mass is 10.1. The molecule has 0 unspecified atom stereocenters. The van der Waals surface area contributed by atoms with E-state index in [2.05, 4.69) is 54.9 Å². The van der Waals surface area contributed by atoms with E-state index >= 15 is 0 Å². The summed E-state index contributed by atoms with van der Waals surface area (Å²) < 4.78 is 5.68. The van der Waals surface area contributed by atoms with Gasteiger partial charge in [0.1, 0.15) is 0 Å². The third-order valence-electron chi connectivity index (χ3n) is 3.58. The zero-order valence-corrected chi connectivity index (χ0v) is 14.0. The molecule has 23 heavy (non-hydrogen) atoms. The third kappa shape index (κ3) is 4.11. The highest BCUT2D eigenvalue weighted by atomic mass is 32.1. The maximum Gasteiger partial charge on any atom is 0.240 e. The minimum atomic E-state index is 0.516. The summed E-state index contributed by atoms with van der Waals surface area (Å²) in [7, 11) is 0. The van der Waals surface area contributed by atoms with Crippen molar-refractivity contribution in [1.82, 2.24) is 10.2 Å². The van der Waals surface area contributed by atoms with Crippen molar-refractivity contribution in [2.75, 3.05) is 0 Å². The van der Waals surface area contributed by atoms with Crippen LogP contribution in [-0.2, 0) is 6.42 Å². The molecule has 116 valence electrons. The van der Waals surface area contributed by atoms with Crippen LogP contribution < -0.4 is 0 Å². The van der Waals surface area contributed by atoms with Crippen LogP contribution in [-0.4, -0.2) is 10.2 Å². The first-order chi connectivity index (χ1) is 11.1. The Labute approximate surface area is 141 Å². The van der Waals surface area contributed by atoms with E-state index in [0.717, 1.165) is 16.0 Å². The van der Waals surface area contributed by atoms with Gasteiger partial charge in [0, 0.05) is 11.0 Å². The Kier molecular flexibility index (Phi) is 4.63. The van der Waals surface area contributed by atoms with Gasteiger partial charge in [0.2, 0.25) is 11.8 Å². The van der Waals surface area contributed by atoms with Gasteiger partial charge < -0.3 is 4.42 Å². The summed E-state index contributed by atoms with van der Waals surface area (Å²) in [5.41, 5.74) is 4.74. The van der Waals surface area contributed by atoms with Gasteiger partial charge in [-0.25, -0.2) is 0 Å². The minimum absolute atomic E-state index is 0.516. The maximum absolute atomic E-state index is 5.68. The molecule has 0 spiro atoms. The van der Waals surface area contributed by atoms with Crippen molar-refractivity contribution in [2.45, 2.75) is 25.2 Å². The van der Waals surface area contributed by atoms with Gasteiger partial charge in [0.15, 0.2) is 0 Å². The fourth-order valence-electron chi connectivity index (χ4n) is 2.42. The van der Waals surface area contributed by atoms with Crippen molar-refractivity contribution in [3.05, 3.63) is 76.5 Å². The number of hydrogen-bond acceptors (Lipinski definition) is 4. The fourth-order valence-corrected chi connectivity index (χ4v) is 2.67. The lowest BCUT2D eigenvalue weighted by Gasteiger charge is -2.00. The van der Waals surface area contributed by atoms with Crippen molar-refractivity contribution in [3.8, 4) is 0 Å². The van der Waals surface area contributed by atoms with Gasteiger partial charge in [-0.15, -0.1) is 22.8 Å². The van der Waals surface area contributed by atoms with Crippen LogP contribution in [0.3, 0.4) is 0 Å². The quantitative estimate of drug-likeness (QED) is 0.705. The molecule has 2 aromatic carbocycles. The summed E-state index contributed by atoms with van der Waals surface area (Å²) in [5.74, 6) is 1.12. The van der Waals surface area contributed by atoms with Crippen LogP contribution in [0.2, 0.25) is 0 Å². The van der Waals surface area contributed by atoms with Crippen molar-refractivity contribution in [1.29, 1.82) is 0 Å². The van der Waals surface area contributed by atoms with Crippen LogP contribution in [0.4, 0.5) is 0 Å². The Hall–Kier alpha value is -2.33. The molecule has 0 aliphatic carbocycles. The predicted octanol–water partition coefficient (Wildman–Crippen LogP) is 4.74. The monoisotopic (exact) mass is 322 g/mol. The molecule has 1 aromatic heterocycles. The lowest BCUT2D eigenvalue weighted by Crippen LogP contribution is -1.87. The van der Waals surface area contributed by atoms with Gasteiger partial charge in [-0.05, 0) is 48.7 Å². The standard InChI is InChI=1S/C19H18N2OS/c1-13-6-7-16(14(2)10-13)8-9-18-20-21-19(22-18)12-15-4-3-5-17(23)11-15/h3-11,23H,12H2,1-2H3/b9-8+. The van der Waals surface area contributed by atoms with Crippen LogP contribution in [0.15, 0.2) is 51.8 Å². The molecule has 0 bridgehead atoms. The number of hydrogen-bond donors (Lipinski definition) is 1. The van der Waals surface area contributed by atoms with E-state index < -0.39 is 0 Å². The summed E-state index contributed by atoms with van der Waals surface area (Å²) in [4.78, 5) is 0.928. The molecule has 3 rings (SSSR count).